The van der Waals surface area contributed by atoms with Crippen LogP contribution in [0.4, 0.5) is 10.5 Å². The molecule has 1 atom stereocenters. The van der Waals surface area contributed by atoms with Crippen molar-refractivity contribution in [1.29, 1.82) is 0 Å². The van der Waals surface area contributed by atoms with Gasteiger partial charge in [0.2, 0.25) is 0 Å². The lowest BCUT2D eigenvalue weighted by atomic mass is 10.2. The largest absolute Gasteiger partial charge is 0.377 e. The minimum absolute atomic E-state index is 0.00886. The quantitative estimate of drug-likeness (QED) is 0.932. The minimum atomic E-state index is 0.00886. The predicted octanol–water partition coefficient (Wildman–Crippen LogP) is 2.71. The molecule has 2 heterocycles. The Morgan fingerprint density at radius 3 is 2.96 bits per heavy atom. The van der Waals surface area contributed by atoms with Crippen molar-refractivity contribution in [2.24, 2.45) is 0 Å². The van der Waals surface area contributed by atoms with Gasteiger partial charge in [-0.2, -0.15) is 0 Å². The summed E-state index contributed by atoms with van der Waals surface area (Å²) in [6, 6.07) is 7.95. The van der Waals surface area contributed by atoms with Gasteiger partial charge in [0.1, 0.15) is 0 Å². The highest BCUT2D eigenvalue weighted by Crippen LogP contribution is 2.15. The number of amides is 2. The third-order valence-electron chi connectivity index (χ3n) is 4.63. The Bertz CT molecular complexity index is 529. The average Bonchev–Trinajstić information content (AvgIpc) is 2.91. The molecule has 126 valence electrons. The van der Waals surface area contributed by atoms with E-state index in [1.807, 2.05) is 36.1 Å². The second-order valence-electron chi connectivity index (χ2n) is 6.58. The summed E-state index contributed by atoms with van der Waals surface area (Å²) in [6.45, 7) is 7.53. The SMILES string of the molecule is Cc1cccc(NC(=O)N2CCCN(C[C@@H]3CCCO3)CC2)c1. The van der Waals surface area contributed by atoms with E-state index in [4.69, 9.17) is 4.74 Å². The van der Waals surface area contributed by atoms with Crippen LogP contribution in [0, 0.1) is 6.92 Å². The van der Waals surface area contributed by atoms with Gasteiger partial charge in [-0.05, 0) is 50.4 Å². The van der Waals surface area contributed by atoms with Gasteiger partial charge in [-0.3, -0.25) is 4.90 Å². The Morgan fingerprint density at radius 2 is 2.17 bits per heavy atom. The van der Waals surface area contributed by atoms with E-state index in [9.17, 15) is 4.79 Å². The number of anilines is 1. The molecule has 1 N–H and O–H groups in total. The summed E-state index contributed by atoms with van der Waals surface area (Å²) in [7, 11) is 0. The van der Waals surface area contributed by atoms with Crippen molar-refractivity contribution < 1.29 is 9.53 Å². The molecular weight excluding hydrogens is 290 g/mol. The molecule has 2 fully saturated rings. The van der Waals surface area contributed by atoms with Crippen molar-refractivity contribution in [1.82, 2.24) is 9.80 Å². The van der Waals surface area contributed by atoms with E-state index in [0.29, 0.717) is 6.10 Å². The lowest BCUT2D eigenvalue weighted by molar-refractivity contribution is 0.0747. The Morgan fingerprint density at radius 1 is 1.26 bits per heavy atom. The van der Waals surface area contributed by atoms with Crippen LogP contribution in [0.2, 0.25) is 0 Å². The van der Waals surface area contributed by atoms with Gasteiger partial charge in [0.25, 0.3) is 0 Å². The first-order chi connectivity index (χ1) is 11.2. The fourth-order valence-corrected chi connectivity index (χ4v) is 3.36. The highest BCUT2D eigenvalue weighted by atomic mass is 16.5. The second-order valence-corrected chi connectivity index (χ2v) is 6.58. The molecule has 0 aliphatic carbocycles. The van der Waals surface area contributed by atoms with E-state index in [-0.39, 0.29) is 6.03 Å². The number of nitrogens with zero attached hydrogens (tertiary/aromatic N) is 2. The molecule has 23 heavy (non-hydrogen) atoms. The normalized spacial score (nSPS) is 22.8. The topological polar surface area (TPSA) is 44.8 Å². The number of carbonyl (C=O) groups excluding carboxylic acids is 1. The van der Waals surface area contributed by atoms with E-state index in [2.05, 4.69) is 10.2 Å². The molecule has 5 heteroatoms. The van der Waals surface area contributed by atoms with Crippen LogP contribution in [0.3, 0.4) is 0 Å². The number of rotatable bonds is 3. The van der Waals surface area contributed by atoms with Gasteiger partial charge in [-0.1, -0.05) is 12.1 Å². The molecule has 1 aromatic rings. The van der Waals surface area contributed by atoms with Crippen LogP contribution in [-0.2, 0) is 4.74 Å². The van der Waals surface area contributed by atoms with Crippen LogP contribution >= 0.6 is 0 Å². The minimum Gasteiger partial charge on any atom is -0.377 e. The summed E-state index contributed by atoms with van der Waals surface area (Å²) < 4.78 is 5.73. The second kappa shape index (κ2) is 7.79. The molecule has 5 nitrogen and oxygen atoms in total. The maximum Gasteiger partial charge on any atom is 0.321 e. The summed E-state index contributed by atoms with van der Waals surface area (Å²) >= 11 is 0. The van der Waals surface area contributed by atoms with Crippen molar-refractivity contribution in [2.75, 3.05) is 44.6 Å². The van der Waals surface area contributed by atoms with Gasteiger partial charge in [0, 0.05) is 38.5 Å². The molecule has 1 aromatic carbocycles. The molecule has 2 saturated heterocycles. The summed E-state index contributed by atoms with van der Waals surface area (Å²) in [5.41, 5.74) is 2.02. The van der Waals surface area contributed by atoms with E-state index in [1.165, 1.54) is 12.8 Å². The number of hydrogen-bond donors (Lipinski definition) is 1. The molecule has 0 radical (unpaired) electrons. The summed E-state index contributed by atoms with van der Waals surface area (Å²) in [5.74, 6) is 0. The number of carbonyl (C=O) groups is 1. The first kappa shape index (κ1) is 16.3. The van der Waals surface area contributed by atoms with Crippen LogP contribution in [0.25, 0.3) is 0 Å². The van der Waals surface area contributed by atoms with Crippen molar-refractivity contribution >= 4 is 11.7 Å². The highest BCUT2D eigenvalue weighted by Gasteiger charge is 2.23. The molecule has 0 aromatic heterocycles. The number of nitrogens with one attached hydrogen (secondary N) is 1. The van der Waals surface area contributed by atoms with Crippen LogP contribution in [-0.4, -0.2) is 61.3 Å². The zero-order valence-corrected chi connectivity index (χ0v) is 14.0. The Kier molecular flexibility index (Phi) is 5.51. The summed E-state index contributed by atoms with van der Waals surface area (Å²) in [5, 5.41) is 3.01. The van der Waals surface area contributed by atoms with Gasteiger partial charge < -0.3 is 15.0 Å². The van der Waals surface area contributed by atoms with E-state index in [0.717, 1.165) is 57.0 Å². The van der Waals surface area contributed by atoms with E-state index < -0.39 is 0 Å². The highest BCUT2D eigenvalue weighted by molar-refractivity contribution is 5.89. The van der Waals surface area contributed by atoms with Crippen LogP contribution in [0.1, 0.15) is 24.8 Å². The first-order valence-electron chi connectivity index (χ1n) is 8.67. The fraction of sp³-hybridized carbons (Fsp3) is 0.611. The predicted molar refractivity (Wildman–Crippen MR) is 91.8 cm³/mol. The monoisotopic (exact) mass is 317 g/mol. The molecule has 0 spiro atoms. The number of hydrogen-bond acceptors (Lipinski definition) is 3. The third kappa shape index (κ3) is 4.69. The molecule has 0 saturated carbocycles. The lowest BCUT2D eigenvalue weighted by Gasteiger charge is -2.24. The number of urea groups is 1. The third-order valence-corrected chi connectivity index (χ3v) is 4.63. The van der Waals surface area contributed by atoms with Crippen molar-refractivity contribution in [3.63, 3.8) is 0 Å². The molecule has 3 rings (SSSR count). The van der Waals surface area contributed by atoms with E-state index >= 15 is 0 Å². The smallest absolute Gasteiger partial charge is 0.321 e. The number of ether oxygens (including phenoxy) is 1. The van der Waals surface area contributed by atoms with Crippen molar-refractivity contribution in [3.8, 4) is 0 Å². The van der Waals surface area contributed by atoms with Gasteiger partial charge in [-0.15, -0.1) is 0 Å². The first-order valence-corrected chi connectivity index (χ1v) is 8.67. The standard InChI is InChI=1S/C18H27N3O2/c1-15-5-2-6-16(13-15)19-18(22)21-9-4-8-20(10-11-21)14-17-7-3-12-23-17/h2,5-6,13,17H,3-4,7-12,14H2,1H3,(H,19,22)/t17-/m0/s1. The number of benzene rings is 1. The Balaban J connectivity index is 1.49. The van der Waals surface area contributed by atoms with Crippen molar-refractivity contribution in [3.05, 3.63) is 29.8 Å². The van der Waals surface area contributed by atoms with Gasteiger partial charge >= 0.3 is 6.03 Å². The van der Waals surface area contributed by atoms with Crippen molar-refractivity contribution in [2.45, 2.75) is 32.3 Å². The average molecular weight is 317 g/mol. The Labute approximate surface area is 138 Å². The number of aryl methyl sites for hydroxylation is 1. The maximum absolute atomic E-state index is 12.5. The van der Waals surface area contributed by atoms with Gasteiger partial charge in [0.15, 0.2) is 0 Å². The molecule has 2 aliphatic heterocycles. The molecule has 2 amide bonds. The zero-order valence-electron chi connectivity index (χ0n) is 14.0. The Hall–Kier alpha value is -1.59. The molecule has 0 unspecified atom stereocenters. The molecule has 2 aliphatic rings. The lowest BCUT2D eigenvalue weighted by Crippen LogP contribution is -2.39. The summed E-state index contributed by atoms with van der Waals surface area (Å²) in [6.07, 6.45) is 3.77. The van der Waals surface area contributed by atoms with Crippen LogP contribution < -0.4 is 5.32 Å². The molecular formula is C18H27N3O2. The molecule has 0 bridgehead atoms. The van der Waals surface area contributed by atoms with E-state index in [1.54, 1.807) is 0 Å². The fourth-order valence-electron chi connectivity index (χ4n) is 3.36. The van der Waals surface area contributed by atoms with Gasteiger partial charge in [-0.25, -0.2) is 4.79 Å². The maximum atomic E-state index is 12.5. The zero-order chi connectivity index (χ0) is 16.1. The van der Waals surface area contributed by atoms with Crippen LogP contribution in [0.5, 0.6) is 0 Å². The summed E-state index contributed by atoms with van der Waals surface area (Å²) in [4.78, 5) is 16.8. The van der Waals surface area contributed by atoms with Crippen LogP contribution in [0.15, 0.2) is 24.3 Å². The van der Waals surface area contributed by atoms with Gasteiger partial charge in [0.05, 0.1) is 6.10 Å².